The van der Waals surface area contributed by atoms with E-state index in [4.69, 9.17) is 4.74 Å². The van der Waals surface area contributed by atoms with Gasteiger partial charge in [0.2, 0.25) is 5.91 Å². The van der Waals surface area contributed by atoms with Crippen molar-refractivity contribution < 1.29 is 9.53 Å². The molecule has 0 aromatic carbocycles. The lowest BCUT2D eigenvalue weighted by Gasteiger charge is -2.37. The van der Waals surface area contributed by atoms with E-state index in [0.29, 0.717) is 6.04 Å². The first-order valence-corrected chi connectivity index (χ1v) is 5.82. The Morgan fingerprint density at radius 2 is 2.20 bits per heavy atom. The van der Waals surface area contributed by atoms with E-state index >= 15 is 0 Å². The van der Waals surface area contributed by atoms with Gasteiger partial charge in [0.25, 0.3) is 0 Å². The van der Waals surface area contributed by atoms with Crippen molar-refractivity contribution in [2.75, 3.05) is 7.11 Å². The lowest BCUT2D eigenvalue weighted by molar-refractivity contribution is -0.125. The minimum Gasteiger partial charge on any atom is -0.378 e. The van der Waals surface area contributed by atoms with Gasteiger partial charge in [-0.05, 0) is 32.6 Å². The number of carbonyl (C=O) groups is 1. The van der Waals surface area contributed by atoms with Crippen LogP contribution in [-0.2, 0) is 9.53 Å². The summed E-state index contributed by atoms with van der Waals surface area (Å²) in [5, 5.41) is 3.09. The number of hydrogen-bond acceptors (Lipinski definition) is 2. The maximum absolute atomic E-state index is 11.6. The van der Waals surface area contributed by atoms with Crippen LogP contribution in [0.3, 0.4) is 0 Å². The van der Waals surface area contributed by atoms with Crippen molar-refractivity contribution in [1.82, 2.24) is 5.32 Å². The molecule has 1 rings (SSSR count). The Kier molecular flexibility index (Phi) is 4.14. The molecule has 0 aliphatic heterocycles. The predicted octanol–water partition coefficient (Wildman–Crippen LogP) is 2.11. The van der Waals surface area contributed by atoms with Gasteiger partial charge in [0, 0.05) is 19.1 Å². The second kappa shape index (κ2) is 4.97. The minimum atomic E-state index is -0.0484. The normalized spacial score (nSPS) is 31.7. The van der Waals surface area contributed by atoms with Gasteiger partial charge in [0.1, 0.15) is 0 Å². The number of hydrogen-bond donors (Lipinski definition) is 1. The zero-order valence-corrected chi connectivity index (χ0v) is 10.3. The predicted molar refractivity (Wildman–Crippen MR) is 60.7 cm³/mol. The summed E-state index contributed by atoms with van der Waals surface area (Å²) in [7, 11) is 1.76. The molecule has 1 amide bonds. The number of rotatable bonds is 3. The van der Waals surface area contributed by atoms with Gasteiger partial charge < -0.3 is 10.1 Å². The molecule has 0 saturated heterocycles. The molecule has 0 spiro atoms. The first kappa shape index (κ1) is 12.5. The summed E-state index contributed by atoms with van der Waals surface area (Å²) in [6.45, 7) is 5.97. The third-order valence-electron chi connectivity index (χ3n) is 3.30. The van der Waals surface area contributed by atoms with Gasteiger partial charge in [-0.1, -0.05) is 13.8 Å². The van der Waals surface area contributed by atoms with Crippen molar-refractivity contribution in [2.45, 2.75) is 58.1 Å². The molecule has 0 bridgehead atoms. The van der Waals surface area contributed by atoms with Crippen LogP contribution in [0.5, 0.6) is 0 Å². The zero-order chi connectivity index (χ0) is 11.5. The maximum atomic E-state index is 11.6. The summed E-state index contributed by atoms with van der Waals surface area (Å²) < 4.78 is 5.50. The van der Waals surface area contributed by atoms with Crippen molar-refractivity contribution in [3.05, 3.63) is 0 Å². The van der Waals surface area contributed by atoms with Crippen LogP contribution in [0.25, 0.3) is 0 Å². The molecule has 1 aliphatic rings. The third-order valence-corrected chi connectivity index (χ3v) is 3.30. The average Bonchev–Trinajstić information content (AvgIpc) is 2.18. The molecule has 1 fully saturated rings. The molecule has 0 aromatic rings. The van der Waals surface area contributed by atoms with E-state index in [0.717, 1.165) is 25.7 Å². The molecular formula is C12H23NO2. The first-order chi connectivity index (χ1) is 6.97. The molecule has 0 heterocycles. The third kappa shape index (κ3) is 3.49. The molecule has 88 valence electrons. The molecule has 0 aromatic heterocycles. The Morgan fingerprint density at radius 3 is 2.73 bits per heavy atom. The average molecular weight is 213 g/mol. The van der Waals surface area contributed by atoms with Gasteiger partial charge in [-0.15, -0.1) is 0 Å². The largest absolute Gasteiger partial charge is 0.378 e. The van der Waals surface area contributed by atoms with Gasteiger partial charge in [0.15, 0.2) is 0 Å². The number of ether oxygens (including phenoxy) is 1. The summed E-state index contributed by atoms with van der Waals surface area (Å²) in [5.74, 6) is 0.223. The van der Waals surface area contributed by atoms with Crippen LogP contribution < -0.4 is 5.32 Å². The van der Waals surface area contributed by atoms with E-state index in [1.807, 2.05) is 13.8 Å². The fourth-order valence-corrected chi connectivity index (χ4v) is 2.12. The van der Waals surface area contributed by atoms with Gasteiger partial charge in [-0.2, -0.15) is 0 Å². The molecule has 3 heteroatoms. The van der Waals surface area contributed by atoms with E-state index in [-0.39, 0.29) is 17.4 Å². The Morgan fingerprint density at radius 1 is 1.53 bits per heavy atom. The summed E-state index contributed by atoms with van der Waals surface area (Å²) in [6.07, 6.45) is 4.24. The topological polar surface area (TPSA) is 38.3 Å². The van der Waals surface area contributed by atoms with E-state index in [9.17, 15) is 4.79 Å². The second-order valence-electron chi connectivity index (χ2n) is 5.11. The van der Waals surface area contributed by atoms with E-state index in [1.54, 1.807) is 7.11 Å². The Balaban J connectivity index is 2.47. The highest BCUT2D eigenvalue weighted by Crippen LogP contribution is 2.30. The van der Waals surface area contributed by atoms with Crippen LogP contribution >= 0.6 is 0 Å². The molecule has 15 heavy (non-hydrogen) atoms. The van der Waals surface area contributed by atoms with E-state index in [1.165, 1.54) is 0 Å². The highest BCUT2D eigenvalue weighted by atomic mass is 16.5. The van der Waals surface area contributed by atoms with E-state index < -0.39 is 0 Å². The summed E-state index contributed by atoms with van der Waals surface area (Å²) in [5.41, 5.74) is -0.0484. The SMILES string of the molecule is CO[C@]1(C)CCC[C@@H](NC(=O)C(C)C)C1. The molecule has 1 aliphatic carbocycles. The Hall–Kier alpha value is -0.570. The van der Waals surface area contributed by atoms with Crippen LogP contribution in [-0.4, -0.2) is 24.7 Å². The number of carbonyl (C=O) groups excluding carboxylic acids is 1. The Labute approximate surface area is 92.6 Å². The molecule has 1 saturated carbocycles. The van der Waals surface area contributed by atoms with E-state index in [2.05, 4.69) is 12.2 Å². The summed E-state index contributed by atoms with van der Waals surface area (Å²) in [4.78, 5) is 11.6. The Bertz CT molecular complexity index is 228. The van der Waals surface area contributed by atoms with Crippen molar-refractivity contribution in [2.24, 2.45) is 5.92 Å². The lowest BCUT2D eigenvalue weighted by atomic mass is 9.83. The van der Waals surface area contributed by atoms with Gasteiger partial charge >= 0.3 is 0 Å². The van der Waals surface area contributed by atoms with Crippen LogP contribution in [0, 0.1) is 5.92 Å². The van der Waals surface area contributed by atoms with Gasteiger partial charge in [-0.25, -0.2) is 0 Å². The van der Waals surface area contributed by atoms with Gasteiger partial charge in [-0.3, -0.25) is 4.79 Å². The fourth-order valence-electron chi connectivity index (χ4n) is 2.12. The van der Waals surface area contributed by atoms with Crippen molar-refractivity contribution in [3.63, 3.8) is 0 Å². The fraction of sp³-hybridized carbons (Fsp3) is 0.917. The van der Waals surface area contributed by atoms with Crippen LogP contribution in [0.1, 0.15) is 46.5 Å². The smallest absolute Gasteiger partial charge is 0.222 e. The van der Waals surface area contributed by atoms with Crippen molar-refractivity contribution >= 4 is 5.91 Å². The van der Waals surface area contributed by atoms with Crippen molar-refractivity contribution in [3.8, 4) is 0 Å². The molecule has 0 unspecified atom stereocenters. The van der Waals surface area contributed by atoms with Crippen LogP contribution in [0.2, 0.25) is 0 Å². The lowest BCUT2D eigenvalue weighted by Crippen LogP contribution is -2.46. The number of methoxy groups -OCH3 is 1. The molecule has 0 radical (unpaired) electrons. The maximum Gasteiger partial charge on any atom is 0.222 e. The van der Waals surface area contributed by atoms with Gasteiger partial charge in [0.05, 0.1) is 5.60 Å². The van der Waals surface area contributed by atoms with Crippen LogP contribution in [0.4, 0.5) is 0 Å². The molecule has 1 N–H and O–H groups in total. The second-order valence-corrected chi connectivity index (χ2v) is 5.11. The first-order valence-electron chi connectivity index (χ1n) is 5.82. The van der Waals surface area contributed by atoms with Crippen molar-refractivity contribution in [1.29, 1.82) is 0 Å². The van der Waals surface area contributed by atoms with Crippen LogP contribution in [0.15, 0.2) is 0 Å². The molecular weight excluding hydrogens is 190 g/mol. The summed E-state index contributed by atoms with van der Waals surface area (Å²) >= 11 is 0. The molecule has 3 nitrogen and oxygen atoms in total. The monoisotopic (exact) mass is 213 g/mol. The standard InChI is InChI=1S/C12H23NO2/c1-9(2)11(14)13-10-6-5-7-12(3,8-10)15-4/h9-10H,5-8H2,1-4H3,(H,13,14)/t10-,12-/m1/s1. The highest BCUT2D eigenvalue weighted by Gasteiger charge is 2.32. The zero-order valence-electron chi connectivity index (χ0n) is 10.3. The summed E-state index contributed by atoms with van der Waals surface area (Å²) in [6, 6.07) is 0.290. The molecule has 2 atom stereocenters. The number of nitrogens with one attached hydrogen (secondary N) is 1. The minimum absolute atomic E-state index is 0.0484. The quantitative estimate of drug-likeness (QED) is 0.779. The number of amides is 1. The highest BCUT2D eigenvalue weighted by molar-refractivity contribution is 5.78.